The molecule has 0 spiro atoms. The number of allylic oxidation sites excluding steroid dienone is 1. The van der Waals surface area contributed by atoms with Gasteiger partial charge in [0.15, 0.2) is 5.17 Å². The van der Waals surface area contributed by atoms with Crippen molar-refractivity contribution in [1.82, 2.24) is 4.90 Å². The van der Waals surface area contributed by atoms with E-state index in [1.165, 1.54) is 22.7 Å². The Labute approximate surface area is 154 Å². The average Bonchev–Trinajstić information content (AvgIpc) is 2.60. The first-order valence-electron chi connectivity index (χ1n) is 8.10. The standard InChI is InChI=1S/C17H17N3O5S/c1-3-25-16(22)14-10(2)18-17-19(13(21)8-9-26-17)15(14)11-6-4-5-7-12(11)20(23)24/h4-7,15H,3,8-9H2,1-2H3. The van der Waals surface area contributed by atoms with E-state index in [2.05, 4.69) is 4.99 Å². The maximum Gasteiger partial charge on any atom is 0.338 e. The van der Waals surface area contributed by atoms with Crippen molar-refractivity contribution in [1.29, 1.82) is 0 Å². The fourth-order valence-electron chi connectivity index (χ4n) is 3.05. The molecule has 1 fully saturated rings. The Bertz CT molecular complexity index is 849. The summed E-state index contributed by atoms with van der Waals surface area (Å²) in [7, 11) is 0. The second kappa shape index (κ2) is 7.28. The topological polar surface area (TPSA) is 102 Å². The molecule has 1 unspecified atom stereocenters. The van der Waals surface area contributed by atoms with Crippen molar-refractivity contribution in [3.63, 3.8) is 0 Å². The van der Waals surface area contributed by atoms with Crippen LogP contribution in [0.4, 0.5) is 5.69 Å². The molecule has 26 heavy (non-hydrogen) atoms. The summed E-state index contributed by atoms with van der Waals surface area (Å²) in [6, 6.07) is 5.19. The van der Waals surface area contributed by atoms with E-state index < -0.39 is 16.9 Å². The van der Waals surface area contributed by atoms with Gasteiger partial charge >= 0.3 is 5.97 Å². The lowest BCUT2D eigenvalue weighted by Gasteiger charge is -2.38. The summed E-state index contributed by atoms with van der Waals surface area (Å²) in [6.45, 7) is 3.48. The third-order valence-electron chi connectivity index (χ3n) is 4.13. The van der Waals surface area contributed by atoms with Crippen molar-refractivity contribution in [2.75, 3.05) is 12.4 Å². The van der Waals surface area contributed by atoms with E-state index in [1.54, 1.807) is 32.0 Å². The van der Waals surface area contributed by atoms with Gasteiger partial charge in [-0.05, 0) is 19.9 Å². The Kier molecular flexibility index (Phi) is 5.08. The fourth-order valence-corrected chi connectivity index (χ4v) is 4.05. The van der Waals surface area contributed by atoms with Crippen LogP contribution in [0, 0.1) is 10.1 Å². The molecule has 1 atom stereocenters. The van der Waals surface area contributed by atoms with Gasteiger partial charge in [-0.2, -0.15) is 0 Å². The quantitative estimate of drug-likeness (QED) is 0.455. The number of benzene rings is 1. The normalized spacial score (nSPS) is 19.8. The van der Waals surface area contributed by atoms with E-state index >= 15 is 0 Å². The third-order valence-corrected chi connectivity index (χ3v) is 5.08. The Morgan fingerprint density at radius 3 is 2.88 bits per heavy atom. The maximum absolute atomic E-state index is 12.6. The minimum Gasteiger partial charge on any atom is -0.463 e. The van der Waals surface area contributed by atoms with Crippen LogP contribution < -0.4 is 0 Å². The molecule has 0 aliphatic carbocycles. The Hall–Kier alpha value is -2.68. The Balaban J connectivity index is 2.23. The summed E-state index contributed by atoms with van der Waals surface area (Å²) in [4.78, 5) is 42.0. The van der Waals surface area contributed by atoms with Crippen molar-refractivity contribution in [2.45, 2.75) is 26.3 Å². The van der Waals surface area contributed by atoms with Crippen LogP contribution in [0.15, 0.2) is 40.5 Å². The molecular weight excluding hydrogens is 358 g/mol. The second-order valence-corrected chi connectivity index (χ2v) is 6.76. The zero-order valence-electron chi connectivity index (χ0n) is 14.3. The largest absolute Gasteiger partial charge is 0.463 e. The van der Waals surface area contributed by atoms with E-state index in [0.717, 1.165) is 0 Å². The number of nitro benzene ring substituents is 1. The molecule has 0 aromatic heterocycles. The van der Waals surface area contributed by atoms with Gasteiger partial charge in [0.2, 0.25) is 5.91 Å². The van der Waals surface area contributed by atoms with Gasteiger partial charge in [0.05, 0.1) is 28.4 Å². The highest BCUT2D eigenvalue weighted by atomic mass is 32.2. The summed E-state index contributed by atoms with van der Waals surface area (Å²) in [5.41, 5.74) is 0.667. The van der Waals surface area contributed by atoms with E-state index in [9.17, 15) is 19.7 Å². The number of fused-ring (bicyclic) bond motifs is 1. The van der Waals surface area contributed by atoms with Crippen molar-refractivity contribution in [3.8, 4) is 0 Å². The smallest absolute Gasteiger partial charge is 0.338 e. The predicted molar refractivity (Wildman–Crippen MR) is 96.5 cm³/mol. The van der Waals surface area contributed by atoms with E-state index in [-0.39, 0.29) is 35.8 Å². The highest BCUT2D eigenvalue weighted by molar-refractivity contribution is 8.14. The monoisotopic (exact) mass is 375 g/mol. The van der Waals surface area contributed by atoms with Crippen LogP contribution in [0.5, 0.6) is 0 Å². The highest BCUT2D eigenvalue weighted by Crippen LogP contribution is 2.42. The fraction of sp³-hybridized carbons (Fsp3) is 0.353. The van der Waals surface area contributed by atoms with Crippen LogP contribution in [-0.4, -0.2) is 39.2 Å². The number of hydrogen-bond donors (Lipinski definition) is 0. The molecule has 1 aromatic rings. The number of thioether (sulfide) groups is 1. The number of hydrogen-bond acceptors (Lipinski definition) is 7. The van der Waals surface area contributed by atoms with E-state index in [0.29, 0.717) is 16.6 Å². The first-order valence-corrected chi connectivity index (χ1v) is 9.09. The molecule has 2 aliphatic rings. The van der Waals surface area contributed by atoms with Gasteiger partial charge in [0.25, 0.3) is 5.69 Å². The lowest BCUT2D eigenvalue weighted by molar-refractivity contribution is -0.385. The molecular formula is C17H17N3O5S. The number of carbonyl (C=O) groups excluding carboxylic acids is 2. The van der Waals surface area contributed by atoms with Gasteiger partial charge in [-0.3, -0.25) is 19.8 Å². The number of para-hydroxylation sites is 1. The van der Waals surface area contributed by atoms with Gasteiger partial charge in [0, 0.05) is 18.2 Å². The van der Waals surface area contributed by atoms with Crippen LogP contribution in [-0.2, 0) is 14.3 Å². The summed E-state index contributed by atoms with van der Waals surface area (Å²) >= 11 is 1.39. The highest BCUT2D eigenvalue weighted by Gasteiger charge is 2.43. The minimum absolute atomic E-state index is 0.151. The van der Waals surface area contributed by atoms with Crippen molar-refractivity contribution in [3.05, 3.63) is 51.2 Å². The third kappa shape index (κ3) is 3.10. The molecule has 1 aromatic carbocycles. The number of nitro groups is 1. The minimum atomic E-state index is -0.927. The lowest BCUT2D eigenvalue weighted by Crippen LogP contribution is -2.46. The van der Waals surface area contributed by atoms with Crippen LogP contribution in [0.1, 0.15) is 31.9 Å². The van der Waals surface area contributed by atoms with Gasteiger partial charge in [-0.25, -0.2) is 9.79 Å². The van der Waals surface area contributed by atoms with E-state index in [1.807, 2.05) is 0 Å². The number of aliphatic imine (C=N–C) groups is 1. The zero-order chi connectivity index (χ0) is 18.8. The lowest BCUT2D eigenvalue weighted by atomic mass is 9.93. The molecule has 1 amide bonds. The molecule has 0 bridgehead atoms. The Morgan fingerprint density at radius 1 is 1.46 bits per heavy atom. The van der Waals surface area contributed by atoms with Crippen LogP contribution >= 0.6 is 11.8 Å². The predicted octanol–water partition coefficient (Wildman–Crippen LogP) is 2.81. The van der Waals surface area contributed by atoms with Crippen LogP contribution in [0.2, 0.25) is 0 Å². The first-order chi connectivity index (χ1) is 12.5. The number of rotatable bonds is 4. The van der Waals surface area contributed by atoms with Crippen molar-refractivity contribution >= 4 is 34.5 Å². The van der Waals surface area contributed by atoms with Gasteiger partial charge in [0.1, 0.15) is 6.04 Å². The zero-order valence-corrected chi connectivity index (χ0v) is 15.1. The number of ether oxygens (including phenoxy) is 1. The summed E-state index contributed by atoms with van der Waals surface area (Å²) < 4.78 is 5.14. The molecule has 0 N–H and O–H groups in total. The molecule has 2 heterocycles. The number of amides is 1. The first kappa shape index (κ1) is 18.1. The SMILES string of the molecule is CCOC(=O)C1=C(C)N=C2SCCC(=O)N2C1c1ccccc1[N+](=O)[O-]. The maximum atomic E-state index is 12.6. The van der Waals surface area contributed by atoms with Gasteiger partial charge < -0.3 is 4.74 Å². The molecule has 8 nitrogen and oxygen atoms in total. The molecule has 1 saturated heterocycles. The average molecular weight is 375 g/mol. The second-order valence-electron chi connectivity index (χ2n) is 5.69. The number of esters is 1. The number of carbonyl (C=O) groups is 2. The van der Waals surface area contributed by atoms with Gasteiger partial charge in [-0.1, -0.05) is 23.9 Å². The van der Waals surface area contributed by atoms with Gasteiger partial charge in [-0.15, -0.1) is 0 Å². The van der Waals surface area contributed by atoms with E-state index in [4.69, 9.17) is 4.74 Å². The van der Waals surface area contributed by atoms with Crippen LogP contribution in [0.25, 0.3) is 0 Å². The number of nitrogens with zero attached hydrogens (tertiary/aromatic N) is 3. The molecule has 0 saturated carbocycles. The summed E-state index contributed by atoms with van der Waals surface area (Å²) in [6.07, 6.45) is 0.274. The molecule has 0 radical (unpaired) electrons. The summed E-state index contributed by atoms with van der Waals surface area (Å²) in [5, 5.41) is 12.0. The molecule has 2 aliphatic heterocycles. The van der Waals surface area contributed by atoms with Crippen LogP contribution in [0.3, 0.4) is 0 Å². The molecule has 9 heteroatoms. The number of amidine groups is 1. The summed E-state index contributed by atoms with van der Waals surface area (Å²) in [5.74, 6) is -0.265. The molecule has 136 valence electrons. The Morgan fingerprint density at radius 2 is 2.19 bits per heavy atom. The molecule has 3 rings (SSSR count). The van der Waals surface area contributed by atoms with Crippen molar-refractivity contribution < 1.29 is 19.2 Å². The van der Waals surface area contributed by atoms with Crippen molar-refractivity contribution in [2.24, 2.45) is 4.99 Å².